The fourth-order valence-corrected chi connectivity index (χ4v) is 3.65. The molecule has 0 atom stereocenters. The summed E-state index contributed by atoms with van der Waals surface area (Å²) in [5.41, 5.74) is 9.55. The minimum Gasteiger partial charge on any atom is -0.341 e. The van der Waals surface area contributed by atoms with E-state index in [-0.39, 0.29) is 0 Å². The third-order valence-electron chi connectivity index (χ3n) is 4.86. The van der Waals surface area contributed by atoms with Crippen molar-refractivity contribution in [3.63, 3.8) is 0 Å². The van der Waals surface area contributed by atoms with Crippen molar-refractivity contribution in [2.75, 3.05) is 18.0 Å². The molecule has 0 fully saturated rings. The standard InChI is InChI=1S/C21H19N3/c1-14-4-9-20-19(12-14)21-15(2)23-13-16(21)10-11-24(20)18-7-5-17(22-3)6-8-18/h4-9,12H,10-11,13H2,1-2H3. The summed E-state index contributed by atoms with van der Waals surface area (Å²) in [6, 6.07) is 14.6. The molecule has 0 unspecified atom stereocenters. The van der Waals surface area contributed by atoms with Crippen molar-refractivity contribution in [3.8, 4) is 0 Å². The summed E-state index contributed by atoms with van der Waals surface area (Å²) in [6.07, 6.45) is 1.02. The fourth-order valence-electron chi connectivity index (χ4n) is 3.65. The smallest absolute Gasteiger partial charge is 0.187 e. The maximum absolute atomic E-state index is 7.13. The molecule has 0 radical (unpaired) electrons. The number of benzene rings is 2. The Bertz CT molecular complexity index is 911. The summed E-state index contributed by atoms with van der Waals surface area (Å²) in [4.78, 5) is 10.5. The lowest BCUT2D eigenvalue weighted by molar-refractivity contribution is 0.895. The van der Waals surface area contributed by atoms with Crippen LogP contribution in [0, 0.1) is 13.5 Å². The molecule has 118 valence electrons. The molecule has 0 bridgehead atoms. The lowest BCUT2D eigenvalue weighted by Crippen LogP contribution is -2.18. The lowest BCUT2D eigenvalue weighted by Gasteiger charge is -2.26. The van der Waals surface area contributed by atoms with Crippen LogP contribution in [0.3, 0.4) is 0 Å². The first kappa shape index (κ1) is 14.7. The van der Waals surface area contributed by atoms with Gasteiger partial charge in [0.25, 0.3) is 0 Å². The second kappa shape index (κ2) is 5.65. The summed E-state index contributed by atoms with van der Waals surface area (Å²) in [5, 5.41) is 0. The van der Waals surface area contributed by atoms with Gasteiger partial charge in [-0.15, -0.1) is 0 Å². The van der Waals surface area contributed by atoms with E-state index in [0.717, 1.165) is 30.9 Å². The average Bonchev–Trinajstić information content (AvgIpc) is 2.88. The maximum Gasteiger partial charge on any atom is 0.187 e. The number of aryl methyl sites for hydroxylation is 1. The minimum absolute atomic E-state index is 0.682. The first-order chi connectivity index (χ1) is 11.7. The van der Waals surface area contributed by atoms with Crippen LogP contribution in [0.1, 0.15) is 24.5 Å². The van der Waals surface area contributed by atoms with E-state index in [0.29, 0.717) is 5.69 Å². The molecule has 2 aromatic rings. The maximum atomic E-state index is 7.13. The van der Waals surface area contributed by atoms with Gasteiger partial charge in [0.2, 0.25) is 0 Å². The minimum atomic E-state index is 0.682. The van der Waals surface area contributed by atoms with Crippen LogP contribution in [0.5, 0.6) is 0 Å². The van der Waals surface area contributed by atoms with Gasteiger partial charge >= 0.3 is 0 Å². The third-order valence-corrected chi connectivity index (χ3v) is 4.86. The Morgan fingerprint density at radius 1 is 1.08 bits per heavy atom. The largest absolute Gasteiger partial charge is 0.341 e. The summed E-state index contributed by atoms with van der Waals surface area (Å²) in [7, 11) is 0. The Morgan fingerprint density at radius 3 is 2.62 bits per heavy atom. The van der Waals surface area contributed by atoms with Crippen LogP contribution in [0.2, 0.25) is 0 Å². The van der Waals surface area contributed by atoms with Gasteiger partial charge in [-0.3, -0.25) is 4.99 Å². The van der Waals surface area contributed by atoms with Crippen molar-refractivity contribution < 1.29 is 0 Å². The van der Waals surface area contributed by atoms with Gasteiger partial charge in [-0.1, -0.05) is 23.8 Å². The SMILES string of the molecule is [C-]#[N+]c1ccc(N2CCC3=C(C(C)=NC3)c3cc(C)ccc32)cc1. The van der Waals surface area contributed by atoms with Crippen molar-refractivity contribution in [1.29, 1.82) is 0 Å². The van der Waals surface area contributed by atoms with E-state index >= 15 is 0 Å². The van der Waals surface area contributed by atoms with E-state index in [9.17, 15) is 0 Å². The van der Waals surface area contributed by atoms with E-state index in [2.05, 4.69) is 46.8 Å². The molecule has 0 aromatic heterocycles. The van der Waals surface area contributed by atoms with Crippen molar-refractivity contribution in [2.24, 2.45) is 4.99 Å². The van der Waals surface area contributed by atoms with Gasteiger partial charge in [-0.05, 0) is 50.1 Å². The monoisotopic (exact) mass is 313 g/mol. The second-order valence-corrected chi connectivity index (χ2v) is 6.43. The molecule has 0 N–H and O–H groups in total. The molecule has 3 heteroatoms. The average molecular weight is 313 g/mol. The van der Waals surface area contributed by atoms with Gasteiger partial charge in [0.15, 0.2) is 5.69 Å². The highest BCUT2D eigenvalue weighted by atomic mass is 15.1. The van der Waals surface area contributed by atoms with Crippen LogP contribution in [-0.2, 0) is 0 Å². The van der Waals surface area contributed by atoms with E-state index < -0.39 is 0 Å². The highest BCUT2D eigenvalue weighted by Gasteiger charge is 2.26. The molecule has 2 aliphatic rings. The molecule has 2 aliphatic heterocycles. The fraction of sp³-hybridized carbons (Fsp3) is 0.238. The van der Waals surface area contributed by atoms with Crippen LogP contribution in [0.4, 0.5) is 17.1 Å². The van der Waals surface area contributed by atoms with Gasteiger partial charge in [0.05, 0.1) is 13.1 Å². The normalized spacial score (nSPS) is 16.2. The number of anilines is 2. The molecule has 0 saturated carbocycles. The number of aliphatic imine (C=N–C) groups is 1. The molecule has 3 nitrogen and oxygen atoms in total. The zero-order valence-electron chi connectivity index (χ0n) is 14.0. The quantitative estimate of drug-likeness (QED) is 0.653. The molecule has 0 amide bonds. The van der Waals surface area contributed by atoms with Gasteiger partial charge in [0.1, 0.15) is 0 Å². The Labute approximate surface area is 142 Å². The van der Waals surface area contributed by atoms with E-state index in [1.54, 1.807) is 0 Å². The molecule has 24 heavy (non-hydrogen) atoms. The Balaban J connectivity index is 1.86. The van der Waals surface area contributed by atoms with Crippen LogP contribution >= 0.6 is 0 Å². The number of fused-ring (bicyclic) bond motifs is 2. The molecule has 2 heterocycles. The predicted octanol–water partition coefficient (Wildman–Crippen LogP) is 5.32. The zero-order valence-corrected chi connectivity index (χ0v) is 14.0. The second-order valence-electron chi connectivity index (χ2n) is 6.43. The van der Waals surface area contributed by atoms with Crippen LogP contribution in [-0.4, -0.2) is 18.8 Å². The van der Waals surface area contributed by atoms with Crippen molar-refractivity contribution in [1.82, 2.24) is 0 Å². The first-order valence-electron chi connectivity index (χ1n) is 8.27. The van der Waals surface area contributed by atoms with Crippen molar-refractivity contribution >= 4 is 28.3 Å². The highest BCUT2D eigenvalue weighted by molar-refractivity contribution is 6.26. The van der Waals surface area contributed by atoms with E-state index in [1.165, 1.54) is 28.0 Å². The van der Waals surface area contributed by atoms with Gasteiger partial charge < -0.3 is 4.90 Å². The van der Waals surface area contributed by atoms with Crippen molar-refractivity contribution in [2.45, 2.75) is 20.3 Å². The van der Waals surface area contributed by atoms with Gasteiger partial charge in [-0.2, -0.15) is 0 Å². The molecule has 0 saturated heterocycles. The van der Waals surface area contributed by atoms with E-state index in [4.69, 9.17) is 6.57 Å². The zero-order chi connectivity index (χ0) is 16.7. The summed E-state index contributed by atoms with van der Waals surface area (Å²) in [6.45, 7) is 13.2. The topological polar surface area (TPSA) is 20.0 Å². The predicted molar refractivity (Wildman–Crippen MR) is 100 cm³/mol. The van der Waals surface area contributed by atoms with Crippen molar-refractivity contribution in [3.05, 3.63) is 70.6 Å². The molecule has 4 rings (SSSR count). The van der Waals surface area contributed by atoms with Crippen LogP contribution in [0.25, 0.3) is 10.4 Å². The number of nitrogens with zero attached hydrogens (tertiary/aromatic N) is 3. The lowest BCUT2D eigenvalue weighted by atomic mass is 9.95. The van der Waals surface area contributed by atoms with Gasteiger partial charge in [0, 0.05) is 34.8 Å². The summed E-state index contributed by atoms with van der Waals surface area (Å²) < 4.78 is 0. The Kier molecular flexibility index (Phi) is 3.46. The summed E-state index contributed by atoms with van der Waals surface area (Å²) >= 11 is 0. The number of hydrogen-bond donors (Lipinski definition) is 0. The molecule has 0 aliphatic carbocycles. The molecule has 2 aromatic carbocycles. The van der Waals surface area contributed by atoms with E-state index in [1.807, 2.05) is 24.3 Å². The highest BCUT2D eigenvalue weighted by Crippen LogP contribution is 2.41. The van der Waals surface area contributed by atoms with Crippen LogP contribution in [0.15, 0.2) is 53.0 Å². The Morgan fingerprint density at radius 2 is 1.88 bits per heavy atom. The molecular formula is C21H19N3. The number of hydrogen-bond acceptors (Lipinski definition) is 2. The third kappa shape index (κ3) is 2.32. The molecule has 0 spiro atoms. The van der Waals surface area contributed by atoms with Crippen LogP contribution < -0.4 is 4.90 Å². The first-order valence-corrected chi connectivity index (χ1v) is 8.27. The van der Waals surface area contributed by atoms with Gasteiger partial charge in [-0.25, -0.2) is 4.85 Å². The number of rotatable bonds is 1. The number of allylic oxidation sites excluding steroid dienone is 1. The summed E-state index contributed by atoms with van der Waals surface area (Å²) in [5.74, 6) is 0. The molecular weight excluding hydrogens is 294 g/mol. The Hall–Kier alpha value is -2.86.